The standard InChI is InChI=1S/C9H6N2O4/c10-5-9(3-6(12)4-9)7-1-2-8(15-7)11(13)14/h1-2H,3-4H2. The van der Waals surface area contributed by atoms with Crippen LogP contribution < -0.4 is 0 Å². The van der Waals surface area contributed by atoms with Crippen LogP contribution in [0.25, 0.3) is 0 Å². The molecule has 6 heteroatoms. The molecule has 1 aromatic heterocycles. The molecule has 6 nitrogen and oxygen atoms in total. The van der Waals surface area contributed by atoms with Crippen molar-refractivity contribution in [2.45, 2.75) is 18.3 Å². The SMILES string of the molecule is N#CC1(c2ccc([N+](=O)[O-])o2)CC(=O)C1. The molecule has 0 N–H and O–H groups in total. The van der Waals surface area contributed by atoms with Crippen molar-refractivity contribution in [3.8, 4) is 6.07 Å². The van der Waals surface area contributed by atoms with Gasteiger partial charge in [0.2, 0.25) is 0 Å². The van der Waals surface area contributed by atoms with Gasteiger partial charge in [0.05, 0.1) is 12.1 Å². The quantitative estimate of drug-likeness (QED) is 0.536. The fourth-order valence-electron chi connectivity index (χ4n) is 1.61. The normalized spacial score (nSPS) is 17.9. The number of Topliss-reactive ketones (excluding diaryl/α,β-unsaturated/α-hetero) is 1. The maximum absolute atomic E-state index is 10.9. The molecule has 1 aliphatic rings. The lowest BCUT2D eigenvalue weighted by molar-refractivity contribution is -0.402. The number of rotatable bonds is 2. The second kappa shape index (κ2) is 2.92. The monoisotopic (exact) mass is 206 g/mol. The van der Waals surface area contributed by atoms with Crippen molar-refractivity contribution >= 4 is 11.7 Å². The molecule has 0 radical (unpaired) electrons. The Morgan fingerprint density at radius 1 is 1.53 bits per heavy atom. The van der Waals surface area contributed by atoms with E-state index in [1.165, 1.54) is 12.1 Å². The van der Waals surface area contributed by atoms with Crippen LogP contribution in [-0.4, -0.2) is 10.7 Å². The molecule has 1 aromatic rings. The van der Waals surface area contributed by atoms with Crippen LogP contribution in [0.4, 0.5) is 5.88 Å². The van der Waals surface area contributed by atoms with E-state index in [2.05, 4.69) is 0 Å². The highest BCUT2D eigenvalue weighted by Crippen LogP contribution is 2.42. The third-order valence-corrected chi connectivity index (χ3v) is 2.46. The van der Waals surface area contributed by atoms with E-state index in [0.717, 1.165) is 0 Å². The summed E-state index contributed by atoms with van der Waals surface area (Å²) in [5.41, 5.74) is -0.981. The summed E-state index contributed by atoms with van der Waals surface area (Å²) in [5, 5.41) is 19.3. The van der Waals surface area contributed by atoms with Gasteiger partial charge in [0, 0.05) is 12.8 Å². The molecule has 1 saturated carbocycles. The Morgan fingerprint density at radius 2 is 2.20 bits per heavy atom. The Kier molecular flexibility index (Phi) is 1.83. The van der Waals surface area contributed by atoms with Crippen LogP contribution in [0.15, 0.2) is 16.5 Å². The number of furan rings is 1. The van der Waals surface area contributed by atoms with Gasteiger partial charge in [-0.1, -0.05) is 0 Å². The number of ketones is 1. The van der Waals surface area contributed by atoms with Crippen LogP contribution in [0.1, 0.15) is 18.6 Å². The highest BCUT2D eigenvalue weighted by molar-refractivity contribution is 5.89. The van der Waals surface area contributed by atoms with Crippen molar-refractivity contribution in [3.63, 3.8) is 0 Å². The molecule has 0 aliphatic heterocycles. The van der Waals surface area contributed by atoms with Crippen molar-refractivity contribution in [2.24, 2.45) is 0 Å². The molecule has 1 aliphatic carbocycles. The van der Waals surface area contributed by atoms with Crippen LogP contribution in [-0.2, 0) is 10.2 Å². The van der Waals surface area contributed by atoms with E-state index in [4.69, 9.17) is 9.68 Å². The molecular formula is C9H6N2O4. The number of hydrogen-bond acceptors (Lipinski definition) is 5. The molecule has 2 rings (SSSR count). The number of carbonyl (C=O) groups excluding carboxylic acids is 1. The largest absolute Gasteiger partial charge is 0.433 e. The van der Waals surface area contributed by atoms with E-state index in [9.17, 15) is 14.9 Å². The van der Waals surface area contributed by atoms with Crippen LogP contribution in [0, 0.1) is 21.4 Å². The molecule has 0 unspecified atom stereocenters. The van der Waals surface area contributed by atoms with Crippen LogP contribution >= 0.6 is 0 Å². The summed E-state index contributed by atoms with van der Waals surface area (Å²) < 4.78 is 4.92. The van der Waals surface area contributed by atoms with Crippen LogP contribution in [0.3, 0.4) is 0 Å². The summed E-state index contributed by atoms with van der Waals surface area (Å²) in [6.45, 7) is 0. The third-order valence-electron chi connectivity index (χ3n) is 2.46. The zero-order valence-corrected chi connectivity index (χ0v) is 7.60. The van der Waals surface area contributed by atoms with Gasteiger partial charge in [0.15, 0.2) is 0 Å². The van der Waals surface area contributed by atoms with Crippen molar-refractivity contribution < 1.29 is 14.1 Å². The number of carbonyl (C=O) groups is 1. The van der Waals surface area contributed by atoms with Crippen LogP contribution in [0.5, 0.6) is 0 Å². The van der Waals surface area contributed by atoms with E-state index >= 15 is 0 Å². The van der Waals surface area contributed by atoms with Crippen molar-refractivity contribution in [3.05, 3.63) is 28.0 Å². The molecule has 0 atom stereocenters. The molecule has 0 spiro atoms. The summed E-state index contributed by atoms with van der Waals surface area (Å²) in [6.07, 6.45) is 0.155. The van der Waals surface area contributed by atoms with Gasteiger partial charge in [0.25, 0.3) is 0 Å². The first-order chi connectivity index (χ1) is 7.07. The van der Waals surface area contributed by atoms with Crippen LogP contribution in [0.2, 0.25) is 0 Å². The predicted octanol–water partition coefficient (Wildman–Crippen LogP) is 1.31. The molecule has 0 saturated heterocycles. The lowest BCUT2D eigenvalue weighted by Gasteiger charge is -2.30. The van der Waals surface area contributed by atoms with Gasteiger partial charge in [-0.25, -0.2) is 0 Å². The van der Waals surface area contributed by atoms with Crippen molar-refractivity contribution in [1.82, 2.24) is 0 Å². The first kappa shape index (κ1) is 9.40. The number of nitro groups is 1. The van der Waals surface area contributed by atoms with Crippen molar-refractivity contribution in [1.29, 1.82) is 5.26 Å². The molecule has 76 valence electrons. The molecule has 0 amide bonds. The molecular weight excluding hydrogens is 200 g/mol. The molecule has 0 aromatic carbocycles. The van der Waals surface area contributed by atoms with Gasteiger partial charge >= 0.3 is 5.88 Å². The topological polar surface area (TPSA) is 97.1 Å². The fraction of sp³-hybridized carbons (Fsp3) is 0.333. The maximum atomic E-state index is 10.9. The number of hydrogen-bond donors (Lipinski definition) is 0. The summed E-state index contributed by atoms with van der Waals surface area (Å²) in [6, 6.07) is 4.55. The van der Waals surface area contributed by atoms with Gasteiger partial charge in [-0.3, -0.25) is 14.9 Å². The summed E-state index contributed by atoms with van der Waals surface area (Å²) in [5.74, 6) is -0.231. The average Bonchev–Trinajstić information content (AvgIpc) is 2.61. The fourth-order valence-corrected chi connectivity index (χ4v) is 1.61. The second-order valence-corrected chi connectivity index (χ2v) is 3.48. The third kappa shape index (κ3) is 1.29. The van der Waals surface area contributed by atoms with Gasteiger partial charge in [0.1, 0.15) is 21.9 Å². The van der Waals surface area contributed by atoms with E-state index in [-0.39, 0.29) is 24.4 Å². The summed E-state index contributed by atoms with van der Waals surface area (Å²) >= 11 is 0. The first-order valence-corrected chi connectivity index (χ1v) is 4.25. The smallest absolute Gasteiger partial charge is 0.404 e. The lowest BCUT2D eigenvalue weighted by Crippen LogP contribution is -2.39. The van der Waals surface area contributed by atoms with Gasteiger partial charge in [-0.15, -0.1) is 0 Å². The minimum atomic E-state index is -0.981. The number of nitrogens with zero attached hydrogens (tertiary/aromatic N) is 2. The van der Waals surface area contributed by atoms with Gasteiger partial charge < -0.3 is 4.42 Å². The second-order valence-electron chi connectivity index (χ2n) is 3.48. The maximum Gasteiger partial charge on any atom is 0.433 e. The van der Waals surface area contributed by atoms with Gasteiger partial charge in [-0.05, 0) is 6.07 Å². The molecule has 15 heavy (non-hydrogen) atoms. The van der Waals surface area contributed by atoms with E-state index < -0.39 is 16.2 Å². The lowest BCUT2D eigenvalue weighted by atomic mass is 9.67. The average molecular weight is 206 g/mol. The zero-order valence-electron chi connectivity index (χ0n) is 7.60. The first-order valence-electron chi connectivity index (χ1n) is 4.25. The Bertz CT molecular complexity index is 475. The van der Waals surface area contributed by atoms with Gasteiger partial charge in [-0.2, -0.15) is 5.26 Å². The summed E-state index contributed by atoms with van der Waals surface area (Å²) in [7, 11) is 0. The Hall–Kier alpha value is -2.16. The predicted molar refractivity (Wildman–Crippen MR) is 46.9 cm³/mol. The minimum absolute atomic E-state index is 0.0318. The Labute approximate surface area is 84.3 Å². The highest BCUT2D eigenvalue weighted by Gasteiger charge is 2.48. The summed E-state index contributed by atoms with van der Waals surface area (Å²) in [4.78, 5) is 20.6. The van der Waals surface area contributed by atoms with E-state index in [0.29, 0.717) is 0 Å². The van der Waals surface area contributed by atoms with E-state index in [1.54, 1.807) is 0 Å². The molecule has 0 bridgehead atoms. The molecule has 1 heterocycles. The Morgan fingerprint density at radius 3 is 2.60 bits per heavy atom. The van der Waals surface area contributed by atoms with Crippen molar-refractivity contribution in [2.75, 3.05) is 0 Å². The Balaban J connectivity index is 2.34. The number of nitriles is 1. The zero-order chi connectivity index (χ0) is 11.1. The molecule has 1 fully saturated rings. The minimum Gasteiger partial charge on any atom is -0.404 e. The van der Waals surface area contributed by atoms with E-state index in [1.807, 2.05) is 6.07 Å². The highest BCUT2D eigenvalue weighted by atomic mass is 16.6.